The van der Waals surface area contributed by atoms with Crippen LogP contribution in [0.25, 0.3) is 6.08 Å². The number of ether oxygens (including phenoxy) is 3. The number of benzene rings is 3. The summed E-state index contributed by atoms with van der Waals surface area (Å²) in [6.45, 7) is 2.94. The summed E-state index contributed by atoms with van der Waals surface area (Å²) in [6.07, 6.45) is 1.66. The van der Waals surface area contributed by atoms with Gasteiger partial charge in [0.05, 0.1) is 18.1 Å². The fraction of sp³-hybridized carbons (Fsp3) is 0.185. The number of thioether (sulfide) groups is 1. The molecule has 0 radical (unpaired) electrons. The average molecular weight is 494 g/mol. The van der Waals surface area contributed by atoms with Crippen LogP contribution in [0.5, 0.6) is 17.2 Å². The lowest BCUT2D eigenvalue weighted by atomic mass is 10.1. The number of hydrogen-bond donors (Lipinski definition) is 0. The zero-order valence-electron chi connectivity index (χ0n) is 19.1. The van der Waals surface area contributed by atoms with Gasteiger partial charge >= 0.3 is 0 Å². The average Bonchev–Trinajstić information content (AvgIpc) is 3.13. The largest absolute Gasteiger partial charge is 0.492 e. The van der Waals surface area contributed by atoms with Gasteiger partial charge in [0, 0.05) is 0 Å². The van der Waals surface area contributed by atoms with Crippen molar-refractivity contribution in [3.8, 4) is 17.2 Å². The molecule has 1 heterocycles. The van der Waals surface area contributed by atoms with Crippen molar-refractivity contribution >= 4 is 29.0 Å². The molecule has 0 atom stereocenters. The third-order valence-corrected chi connectivity index (χ3v) is 5.98. The monoisotopic (exact) mass is 493 g/mol. The van der Waals surface area contributed by atoms with E-state index < -0.39 is 0 Å². The summed E-state index contributed by atoms with van der Waals surface area (Å²) in [7, 11) is 0. The van der Waals surface area contributed by atoms with Crippen LogP contribution < -0.4 is 14.2 Å². The highest BCUT2D eigenvalue weighted by atomic mass is 32.2. The number of rotatable bonds is 10. The first-order chi connectivity index (χ1) is 17.0. The molecule has 1 saturated heterocycles. The molecule has 1 fully saturated rings. The van der Waals surface area contributed by atoms with Gasteiger partial charge in [-0.3, -0.25) is 14.5 Å². The zero-order chi connectivity index (χ0) is 24.6. The van der Waals surface area contributed by atoms with Crippen molar-refractivity contribution in [2.45, 2.75) is 13.5 Å². The Morgan fingerprint density at radius 1 is 0.914 bits per heavy atom. The molecule has 3 aromatic rings. The van der Waals surface area contributed by atoms with Crippen molar-refractivity contribution in [2.24, 2.45) is 0 Å². The predicted octanol–water partition coefficient (Wildman–Crippen LogP) is 5.92. The summed E-state index contributed by atoms with van der Waals surface area (Å²) in [4.78, 5) is 26.6. The fourth-order valence-corrected chi connectivity index (χ4v) is 4.23. The molecule has 180 valence electrons. The van der Waals surface area contributed by atoms with Gasteiger partial charge in [0.15, 0.2) is 11.5 Å². The molecule has 0 saturated carbocycles. The van der Waals surface area contributed by atoms with E-state index in [0.717, 1.165) is 22.2 Å². The number of halogens is 1. The van der Waals surface area contributed by atoms with E-state index >= 15 is 0 Å². The number of imide groups is 1. The highest BCUT2D eigenvalue weighted by Crippen LogP contribution is 2.35. The summed E-state index contributed by atoms with van der Waals surface area (Å²) in [6, 6.07) is 20.8. The Morgan fingerprint density at radius 3 is 2.43 bits per heavy atom. The van der Waals surface area contributed by atoms with Crippen molar-refractivity contribution in [1.29, 1.82) is 0 Å². The molecule has 8 heteroatoms. The highest BCUT2D eigenvalue weighted by molar-refractivity contribution is 8.18. The SMILES string of the molecule is CCOc1cc(/C=C2\SC(=O)N(CCOc3ccc(F)cc3)C2=O)ccc1OCc1ccccc1. The summed E-state index contributed by atoms with van der Waals surface area (Å²) in [5.74, 6) is 0.872. The first kappa shape index (κ1) is 24.3. The van der Waals surface area contributed by atoms with Crippen LogP contribution in [0.3, 0.4) is 0 Å². The summed E-state index contributed by atoms with van der Waals surface area (Å²) >= 11 is 0.877. The molecule has 0 N–H and O–H groups in total. The van der Waals surface area contributed by atoms with Gasteiger partial charge in [-0.15, -0.1) is 0 Å². The Morgan fingerprint density at radius 2 is 1.69 bits per heavy atom. The zero-order valence-corrected chi connectivity index (χ0v) is 19.9. The smallest absolute Gasteiger partial charge is 0.293 e. The van der Waals surface area contributed by atoms with E-state index in [4.69, 9.17) is 14.2 Å². The maximum Gasteiger partial charge on any atom is 0.293 e. The molecule has 0 aliphatic carbocycles. The first-order valence-corrected chi connectivity index (χ1v) is 11.9. The van der Waals surface area contributed by atoms with Crippen LogP contribution in [0, 0.1) is 5.82 Å². The molecular weight excluding hydrogens is 469 g/mol. The van der Waals surface area contributed by atoms with Gasteiger partial charge in [0.2, 0.25) is 0 Å². The van der Waals surface area contributed by atoms with Crippen LogP contribution >= 0.6 is 11.8 Å². The Hall–Kier alpha value is -3.78. The van der Waals surface area contributed by atoms with Crippen molar-refractivity contribution in [3.05, 3.63) is 94.6 Å². The van der Waals surface area contributed by atoms with E-state index in [2.05, 4.69) is 0 Å². The number of carbonyl (C=O) groups is 2. The van der Waals surface area contributed by atoms with Crippen LogP contribution in [0.2, 0.25) is 0 Å². The van der Waals surface area contributed by atoms with Crippen molar-refractivity contribution < 1.29 is 28.2 Å². The molecule has 1 aliphatic heterocycles. The summed E-state index contributed by atoms with van der Waals surface area (Å²) in [5, 5.41) is -0.364. The third-order valence-electron chi connectivity index (χ3n) is 5.07. The number of carbonyl (C=O) groups excluding carboxylic acids is 2. The van der Waals surface area contributed by atoms with Crippen molar-refractivity contribution in [1.82, 2.24) is 4.90 Å². The minimum Gasteiger partial charge on any atom is -0.492 e. The third kappa shape index (κ3) is 6.42. The van der Waals surface area contributed by atoms with E-state index in [0.29, 0.717) is 40.9 Å². The van der Waals surface area contributed by atoms with Crippen LogP contribution in [-0.4, -0.2) is 35.8 Å². The maximum atomic E-state index is 13.0. The van der Waals surface area contributed by atoms with Gasteiger partial charge in [0.25, 0.3) is 11.1 Å². The molecule has 6 nitrogen and oxygen atoms in total. The number of hydrogen-bond acceptors (Lipinski definition) is 6. The van der Waals surface area contributed by atoms with E-state index in [9.17, 15) is 14.0 Å². The van der Waals surface area contributed by atoms with Gasteiger partial charge in [-0.25, -0.2) is 4.39 Å². The van der Waals surface area contributed by atoms with Gasteiger partial charge in [0.1, 0.15) is 24.8 Å². The molecule has 35 heavy (non-hydrogen) atoms. The molecule has 2 amide bonds. The summed E-state index contributed by atoms with van der Waals surface area (Å²) in [5.41, 5.74) is 1.75. The molecule has 0 spiro atoms. The molecule has 1 aliphatic rings. The van der Waals surface area contributed by atoms with Gasteiger partial charge < -0.3 is 14.2 Å². The first-order valence-electron chi connectivity index (χ1n) is 11.1. The van der Waals surface area contributed by atoms with Crippen molar-refractivity contribution in [3.63, 3.8) is 0 Å². The quantitative estimate of drug-likeness (QED) is 0.327. The fourth-order valence-electron chi connectivity index (χ4n) is 3.37. The normalized spacial score (nSPS) is 14.5. The van der Waals surface area contributed by atoms with Crippen LogP contribution in [-0.2, 0) is 11.4 Å². The van der Waals surface area contributed by atoms with Gasteiger partial charge in [-0.05, 0) is 72.3 Å². The lowest BCUT2D eigenvalue weighted by molar-refractivity contribution is -0.123. The number of amides is 2. The minimum absolute atomic E-state index is 0.0931. The van der Waals surface area contributed by atoms with E-state index in [1.165, 1.54) is 24.3 Å². The standard InChI is InChI=1S/C27H24FNO5S/c1-2-32-24-16-20(8-13-23(24)34-18-19-6-4-3-5-7-19)17-25-26(30)29(27(31)35-25)14-15-33-22-11-9-21(28)10-12-22/h3-13,16-17H,2,14-15,18H2,1H3/b25-17-. The molecule has 0 aromatic heterocycles. The Labute approximate surface area is 207 Å². The van der Waals surface area contributed by atoms with E-state index in [1.807, 2.05) is 43.3 Å². The van der Waals surface area contributed by atoms with E-state index in [-0.39, 0.29) is 30.1 Å². The van der Waals surface area contributed by atoms with Gasteiger partial charge in [-0.1, -0.05) is 36.4 Å². The molecule has 0 unspecified atom stereocenters. The summed E-state index contributed by atoms with van der Waals surface area (Å²) < 4.78 is 30.2. The second-order valence-electron chi connectivity index (χ2n) is 7.55. The molecule has 0 bridgehead atoms. The minimum atomic E-state index is -0.384. The van der Waals surface area contributed by atoms with Crippen LogP contribution in [0.4, 0.5) is 9.18 Å². The van der Waals surface area contributed by atoms with Crippen LogP contribution in [0.15, 0.2) is 77.7 Å². The van der Waals surface area contributed by atoms with Crippen molar-refractivity contribution in [2.75, 3.05) is 19.8 Å². The predicted molar refractivity (Wildman–Crippen MR) is 133 cm³/mol. The topological polar surface area (TPSA) is 65.1 Å². The van der Waals surface area contributed by atoms with Crippen LogP contribution in [0.1, 0.15) is 18.1 Å². The molecule has 4 rings (SSSR count). The lowest BCUT2D eigenvalue weighted by Gasteiger charge is -2.13. The Balaban J connectivity index is 1.41. The Bertz CT molecular complexity index is 1210. The lowest BCUT2D eigenvalue weighted by Crippen LogP contribution is -2.32. The number of nitrogens with zero attached hydrogens (tertiary/aromatic N) is 1. The Kier molecular flexibility index (Phi) is 8.05. The second-order valence-corrected chi connectivity index (χ2v) is 8.54. The van der Waals surface area contributed by atoms with Gasteiger partial charge in [-0.2, -0.15) is 0 Å². The maximum absolute atomic E-state index is 13.0. The van der Waals surface area contributed by atoms with E-state index in [1.54, 1.807) is 18.2 Å². The highest BCUT2D eigenvalue weighted by Gasteiger charge is 2.34. The molecule has 3 aromatic carbocycles. The molecular formula is C27H24FNO5S. The second kappa shape index (κ2) is 11.6.